The third kappa shape index (κ3) is 10.7. The SMILES string of the molecule is CC(=O)c1cccc(C(C)=Nc2c(C)cccc2C(C)C)n1.CC(=O)c1cccc(C(C)=O)n1.Cc1cccc(C(C)C)c1N. The van der Waals surface area contributed by atoms with Gasteiger partial charge in [0, 0.05) is 26.5 Å². The first-order valence-corrected chi connectivity index (χ1v) is 15.1. The molecule has 0 unspecified atom stereocenters. The molecule has 0 spiro atoms. The molecule has 0 aliphatic carbocycles. The number of aryl methyl sites for hydroxylation is 2. The summed E-state index contributed by atoms with van der Waals surface area (Å²) < 4.78 is 0. The van der Waals surface area contributed by atoms with Gasteiger partial charge in [-0.2, -0.15) is 0 Å². The maximum Gasteiger partial charge on any atom is 0.178 e. The Bertz CT molecular complexity index is 1660. The number of benzene rings is 2. The van der Waals surface area contributed by atoms with Crippen LogP contribution < -0.4 is 5.73 Å². The highest BCUT2D eigenvalue weighted by Gasteiger charge is 2.11. The molecule has 236 valence electrons. The number of hydrogen-bond donors (Lipinski definition) is 1. The highest BCUT2D eigenvalue weighted by atomic mass is 16.1. The number of aliphatic imine (C=N–C) groups is 1. The Morgan fingerprint density at radius 2 is 0.956 bits per heavy atom. The lowest BCUT2D eigenvalue weighted by atomic mass is 9.98. The molecule has 0 amide bonds. The second-order valence-corrected chi connectivity index (χ2v) is 11.6. The molecule has 2 N–H and O–H groups in total. The average molecular weight is 607 g/mol. The van der Waals surface area contributed by atoms with Gasteiger partial charge in [-0.25, -0.2) is 9.97 Å². The van der Waals surface area contributed by atoms with Crippen molar-refractivity contribution in [3.8, 4) is 0 Å². The normalized spacial score (nSPS) is 10.9. The van der Waals surface area contributed by atoms with E-state index in [9.17, 15) is 14.4 Å². The van der Waals surface area contributed by atoms with Gasteiger partial charge in [0.15, 0.2) is 17.3 Å². The lowest BCUT2D eigenvalue weighted by Gasteiger charge is -2.13. The van der Waals surface area contributed by atoms with Crippen LogP contribution in [0.5, 0.6) is 0 Å². The van der Waals surface area contributed by atoms with Crippen LogP contribution in [0.15, 0.2) is 77.8 Å². The Hall–Kier alpha value is -4.78. The molecule has 0 bridgehead atoms. The summed E-state index contributed by atoms with van der Waals surface area (Å²) >= 11 is 0. The summed E-state index contributed by atoms with van der Waals surface area (Å²) in [6.07, 6.45) is 0. The van der Waals surface area contributed by atoms with Crippen molar-refractivity contribution in [3.05, 3.63) is 118 Å². The van der Waals surface area contributed by atoms with Crippen molar-refractivity contribution in [1.29, 1.82) is 0 Å². The molecule has 2 aromatic heterocycles. The van der Waals surface area contributed by atoms with E-state index in [0.29, 0.717) is 28.9 Å². The number of para-hydroxylation sites is 2. The number of rotatable bonds is 7. The number of ketones is 3. The second kappa shape index (κ2) is 16.9. The molecule has 45 heavy (non-hydrogen) atoms. The third-order valence-electron chi connectivity index (χ3n) is 7.10. The number of nitrogens with zero attached hydrogens (tertiary/aromatic N) is 3. The van der Waals surface area contributed by atoms with Crippen molar-refractivity contribution in [2.75, 3.05) is 5.73 Å². The fourth-order valence-electron chi connectivity index (χ4n) is 4.39. The Kier molecular flexibility index (Phi) is 13.7. The van der Waals surface area contributed by atoms with Gasteiger partial charge in [-0.3, -0.25) is 19.4 Å². The first-order chi connectivity index (χ1) is 21.1. The molecule has 2 aromatic carbocycles. The summed E-state index contributed by atoms with van der Waals surface area (Å²) in [7, 11) is 0. The topological polar surface area (TPSA) is 115 Å². The molecule has 4 aromatic rings. The van der Waals surface area contributed by atoms with Gasteiger partial charge in [0.1, 0.15) is 17.1 Å². The van der Waals surface area contributed by atoms with Gasteiger partial charge in [-0.1, -0.05) is 76.2 Å². The molecule has 4 rings (SSSR count). The fraction of sp³-hybridized carbons (Fsp3) is 0.316. The largest absolute Gasteiger partial charge is 0.398 e. The van der Waals surface area contributed by atoms with Crippen molar-refractivity contribution in [2.24, 2.45) is 4.99 Å². The summed E-state index contributed by atoms with van der Waals surface area (Å²) in [5, 5.41) is 0. The molecule has 0 atom stereocenters. The lowest BCUT2D eigenvalue weighted by molar-refractivity contribution is 0.0995. The smallest absolute Gasteiger partial charge is 0.178 e. The van der Waals surface area contributed by atoms with E-state index in [0.717, 1.165) is 28.3 Å². The van der Waals surface area contributed by atoms with Crippen LogP contribution in [0.3, 0.4) is 0 Å². The maximum absolute atomic E-state index is 11.5. The fourth-order valence-corrected chi connectivity index (χ4v) is 4.39. The first-order valence-electron chi connectivity index (χ1n) is 15.1. The Morgan fingerprint density at radius 1 is 0.578 bits per heavy atom. The van der Waals surface area contributed by atoms with Gasteiger partial charge in [0.2, 0.25) is 0 Å². The number of nitrogen functional groups attached to an aromatic ring is 1. The Labute approximate surface area is 268 Å². The van der Waals surface area contributed by atoms with Crippen LogP contribution >= 0.6 is 0 Å². The molecule has 0 aliphatic rings. The molecule has 7 heteroatoms. The van der Waals surface area contributed by atoms with Gasteiger partial charge >= 0.3 is 0 Å². The number of pyridine rings is 2. The third-order valence-corrected chi connectivity index (χ3v) is 7.10. The van der Waals surface area contributed by atoms with E-state index in [1.165, 1.54) is 37.5 Å². The van der Waals surface area contributed by atoms with Gasteiger partial charge in [-0.15, -0.1) is 0 Å². The standard InChI is InChI=1S/C19H22N2O.C10H15N.C9H9NO2/c1-12(2)16-9-6-8-13(3)19(16)20-14(4)17-10-7-11-18(21-17)15(5)22;1-7(2)9-6-4-5-8(3)10(9)11;1-6(11)8-4-3-5-9(10-8)7(2)12/h6-12H,1-5H3;4-7H,11H2,1-3H3;3-5H,1-2H3. The number of aromatic nitrogens is 2. The van der Waals surface area contributed by atoms with E-state index in [2.05, 4.69) is 74.9 Å². The number of Topliss-reactive ketones (excluding diaryl/α,β-unsaturated/α-hetero) is 3. The quantitative estimate of drug-likeness (QED) is 0.127. The van der Waals surface area contributed by atoms with Crippen LogP contribution in [-0.4, -0.2) is 33.0 Å². The van der Waals surface area contributed by atoms with E-state index in [1.54, 1.807) is 24.3 Å². The molecule has 0 aliphatic heterocycles. The predicted octanol–water partition coefficient (Wildman–Crippen LogP) is 9.04. The minimum atomic E-state index is -0.127. The van der Waals surface area contributed by atoms with Crippen molar-refractivity contribution in [1.82, 2.24) is 9.97 Å². The zero-order valence-corrected chi connectivity index (χ0v) is 28.2. The summed E-state index contributed by atoms with van der Waals surface area (Å²) in [6.45, 7) is 19.1. The molecule has 2 heterocycles. The summed E-state index contributed by atoms with van der Waals surface area (Å²) in [5.41, 5.74) is 15.3. The van der Waals surface area contributed by atoms with Crippen LogP contribution in [0, 0.1) is 13.8 Å². The number of carbonyl (C=O) groups is 3. The van der Waals surface area contributed by atoms with Crippen molar-refractivity contribution in [3.63, 3.8) is 0 Å². The van der Waals surface area contributed by atoms with Crippen molar-refractivity contribution < 1.29 is 14.4 Å². The van der Waals surface area contributed by atoms with Gasteiger partial charge in [0.25, 0.3) is 0 Å². The number of nitrogens with two attached hydrogens (primary N) is 1. The van der Waals surface area contributed by atoms with Crippen LogP contribution in [-0.2, 0) is 0 Å². The first kappa shape index (κ1) is 36.4. The number of hydrogen-bond acceptors (Lipinski definition) is 7. The molecule has 7 nitrogen and oxygen atoms in total. The Morgan fingerprint density at radius 3 is 1.38 bits per heavy atom. The maximum atomic E-state index is 11.5. The molecule has 0 saturated heterocycles. The van der Waals surface area contributed by atoms with E-state index < -0.39 is 0 Å². The molecule has 0 fully saturated rings. The predicted molar refractivity (Wildman–Crippen MR) is 185 cm³/mol. The molecular formula is C38H46N4O3. The van der Waals surface area contributed by atoms with Crippen molar-refractivity contribution in [2.45, 2.75) is 81.1 Å². The average Bonchev–Trinajstić information content (AvgIpc) is 3.00. The van der Waals surface area contributed by atoms with E-state index in [-0.39, 0.29) is 17.3 Å². The highest BCUT2D eigenvalue weighted by molar-refractivity contribution is 6.00. The van der Waals surface area contributed by atoms with E-state index >= 15 is 0 Å². The van der Waals surface area contributed by atoms with Crippen LogP contribution in [0.2, 0.25) is 0 Å². The molecule has 0 saturated carbocycles. The summed E-state index contributed by atoms with van der Waals surface area (Å²) in [4.78, 5) is 46.2. The van der Waals surface area contributed by atoms with E-state index in [4.69, 9.17) is 10.7 Å². The molecular weight excluding hydrogens is 560 g/mol. The summed E-state index contributed by atoms with van der Waals surface area (Å²) in [5.74, 6) is 0.641. The Balaban J connectivity index is 0.000000259. The molecule has 0 radical (unpaired) electrons. The zero-order valence-electron chi connectivity index (χ0n) is 28.2. The van der Waals surface area contributed by atoms with Crippen LogP contribution in [0.25, 0.3) is 0 Å². The van der Waals surface area contributed by atoms with Crippen LogP contribution in [0.4, 0.5) is 11.4 Å². The van der Waals surface area contributed by atoms with Gasteiger partial charge < -0.3 is 5.73 Å². The van der Waals surface area contributed by atoms with E-state index in [1.807, 2.05) is 32.0 Å². The minimum Gasteiger partial charge on any atom is -0.398 e. The zero-order chi connectivity index (χ0) is 33.8. The van der Waals surface area contributed by atoms with Gasteiger partial charge in [-0.05, 0) is 79.1 Å². The minimum absolute atomic E-state index is 0.0339. The second-order valence-electron chi connectivity index (χ2n) is 11.6. The monoisotopic (exact) mass is 606 g/mol. The lowest BCUT2D eigenvalue weighted by Crippen LogP contribution is -2.04. The van der Waals surface area contributed by atoms with Crippen LogP contribution in [0.1, 0.15) is 127 Å². The number of carbonyl (C=O) groups excluding carboxylic acids is 3. The summed E-state index contributed by atoms with van der Waals surface area (Å²) in [6, 6.07) is 22.7. The van der Waals surface area contributed by atoms with Gasteiger partial charge in [0.05, 0.1) is 17.1 Å². The van der Waals surface area contributed by atoms with Crippen molar-refractivity contribution >= 4 is 34.4 Å². The number of anilines is 1. The highest BCUT2D eigenvalue weighted by Crippen LogP contribution is 2.30.